The lowest BCUT2D eigenvalue weighted by atomic mass is 10.1. The summed E-state index contributed by atoms with van der Waals surface area (Å²) >= 11 is 1.47. The average molecular weight is 372 g/mol. The molecular weight excluding hydrogens is 352 g/mol. The van der Waals surface area contributed by atoms with E-state index in [9.17, 15) is 0 Å². The third-order valence-electron chi connectivity index (χ3n) is 3.82. The summed E-state index contributed by atoms with van der Waals surface area (Å²) < 4.78 is 21.7. The lowest BCUT2D eigenvalue weighted by Crippen LogP contribution is -1.91. The smallest absolute Gasteiger partial charge is 0.277 e. The maximum Gasteiger partial charge on any atom is 0.277 e. The number of ether oxygens (including phenoxy) is 3. The van der Waals surface area contributed by atoms with Crippen LogP contribution in [0, 0.1) is 6.92 Å². The van der Waals surface area contributed by atoms with Gasteiger partial charge in [-0.25, -0.2) is 0 Å². The summed E-state index contributed by atoms with van der Waals surface area (Å²) in [6.07, 6.45) is 0. The Hall–Kier alpha value is -2.67. The van der Waals surface area contributed by atoms with Gasteiger partial charge in [0.2, 0.25) is 5.89 Å². The number of rotatable bonds is 7. The molecule has 3 aromatic rings. The molecule has 0 N–H and O–H groups in total. The Morgan fingerprint density at radius 1 is 0.885 bits per heavy atom. The number of hydrogen-bond acceptors (Lipinski definition) is 7. The summed E-state index contributed by atoms with van der Waals surface area (Å²) in [7, 11) is 4.85. The molecule has 26 heavy (non-hydrogen) atoms. The van der Waals surface area contributed by atoms with Crippen LogP contribution in [0.25, 0.3) is 11.5 Å². The van der Waals surface area contributed by atoms with Crippen molar-refractivity contribution in [3.8, 4) is 28.7 Å². The molecule has 7 heteroatoms. The fraction of sp³-hybridized carbons (Fsp3) is 0.263. The molecule has 3 rings (SSSR count). The molecule has 0 saturated heterocycles. The van der Waals surface area contributed by atoms with E-state index in [2.05, 4.69) is 23.2 Å². The van der Waals surface area contributed by atoms with Crippen molar-refractivity contribution >= 4 is 11.8 Å². The molecule has 0 aliphatic heterocycles. The predicted octanol–water partition coefficient (Wildman–Crippen LogP) is 4.36. The van der Waals surface area contributed by atoms with Crippen LogP contribution in [0.1, 0.15) is 11.1 Å². The van der Waals surface area contributed by atoms with Crippen LogP contribution in [0.15, 0.2) is 46.0 Å². The molecule has 0 bridgehead atoms. The van der Waals surface area contributed by atoms with Crippen molar-refractivity contribution in [3.63, 3.8) is 0 Å². The van der Waals surface area contributed by atoms with Gasteiger partial charge in [0, 0.05) is 16.9 Å². The number of aromatic nitrogens is 2. The van der Waals surface area contributed by atoms with E-state index < -0.39 is 0 Å². The first-order valence-electron chi connectivity index (χ1n) is 7.96. The monoisotopic (exact) mass is 372 g/mol. The Labute approximate surface area is 156 Å². The van der Waals surface area contributed by atoms with Crippen molar-refractivity contribution in [3.05, 3.63) is 47.5 Å². The minimum absolute atomic E-state index is 0.435. The minimum atomic E-state index is 0.435. The van der Waals surface area contributed by atoms with Crippen LogP contribution >= 0.6 is 11.8 Å². The van der Waals surface area contributed by atoms with E-state index in [0.717, 1.165) is 16.9 Å². The number of benzene rings is 2. The number of nitrogens with zero attached hydrogens (tertiary/aromatic N) is 2. The lowest BCUT2D eigenvalue weighted by molar-refractivity contribution is 0.355. The van der Waals surface area contributed by atoms with Gasteiger partial charge in [0.15, 0.2) is 11.5 Å². The summed E-state index contributed by atoms with van der Waals surface area (Å²) in [6.45, 7) is 2.05. The standard InChI is InChI=1S/C19H20N2O4S/c1-12-5-7-15(22-2)14(9-12)11-26-19-21-20-18(25-19)13-6-8-16(23-3)17(10-13)24-4/h5-10H,11H2,1-4H3. The second-order valence-corrected chi connectivity index (χ2v) is 6.47. The molecule has 2 aromatic carbocycles. The largest absolute Gasteiger partial charge is 0.496 e. The summed E-state index contributed by atoms with van der Waals surface area (Å²) in [5.41, 5.74) is 3.04. The molecule has 0 amide bonds. The van der Waals surface area contributed by atoms with Crippen LogP contribution in [-0.4, -0.2) is 31.5 Å². The molecule has 0 aliphatic carbocycles. The molecule has 0 fully saturated rings. The summed E-state index contributed by atoms with van der Waals surface area (Å²) in [5.74, 6) is 3.23. The Bertz CT molecular complexity index is 895. The van der Waals surface area contributed by atoms with Crippen molar-refractivity contribution in [1.82, 2.24) is 10.2 Å². The van der Waals surface area contributed by atoms with E-state index >= 15 is 0 Å². The second-order valence-electron chi connectivity index (χ2n) is 5.55. The number of methoxy groups -OCH3 is 3. The number of hydrogen-bond donors (Lipinski definition) is 0. The molecule has 0 saturated carbocycles. The minimum Gasteiger partial charge on any atom is -0.496 e. The maximum atomic E-state index is 5.77. The van der Waals surface area contributed by atoms with Crippen LogP contribution in [0.3, 0.4) is 0 Å². The fourth-order valence-electron chi connectivity index (χ4n) is 2.51. The van der Waals surface area contributed by atoms with Crippen LogP contribution in [0.2, 0.25) is 0 Å². The number of aryl methyl sites for hydroxylation is 1. The fourth-order valence-corrected chi connectivity index (χ4v) is 3.25. The molecule has 1 aromatic heterocycles. The quantitative estimate of drug-likeness (QED) is 0.571. The van der Waals surface area contributed by atoms with E-state index in [1.165, 1.54) is 17.3 Å². The zero-order chi connectivity index (χ0) is 18.5. The van der Waals surface area contributed by atoms with Gasteiger partial charge in [-0.2, -0.15) is 0 Å². The normalized spacial score (nSPS) is 10.6. The number of thioether (sulfide) groups is 1. The van der Waals surface area contributed by atoms with Gasteiger partial charge in [0.1, 0.15) is 5.75 Å². The molecule has 0 radical (unpaired) electrons. The Kier molecular flexibility index (Phi) is 5.68. The molecule has 0 spiro atoms. The topological polar surface area (TPSA) is 66.6 Å². The van der Waals surface area contributed by atoms with Gasteiger partial charge < -0.3 is 18.6 Å². The van der Waals surface area contributed by atoms with E-state index in [0.29, 0.717) is 28.4 Å². The zero-order valence-electron chi connectivity index (χ0n) is 15.1. The Morgan fingerprint density at radius 2 is 1.62 bits per heavy atom. The Morgan fingerprint density at radius 3 is 2.35 bits per heavy atom. The van der Waals surface area contributed by atoms with Gasteiger partial charge in [-0.1, -0.05) is 29.5 Å². The third-order valence-corrected chi connectivity index (χ3v) is 4.69. The Balaban J connectivity index is 1.75. The van der Waals surface area contributed by atoms with Crippen LogP contribution in [0.4, 0.5) is 0 Å². The average Bonchev–Trinajstić information content (AvgIpc) is 3.15. The molecule has 136 valence electrons. The highest BCUT2D eigenvalue weighted by Gasteiger charge is 2.13. The van der Waals surface area contributed by atoms with Gasteiger partial charge in [-0.05, 0) is 31.2 Å². The van der Waals surface area contributed by atoms with E-state index in [-0.39, 0.29) is 0 Å². The maximum absolute atomic E-state index is 5.77. The van der Waals surface area contributed by atoms with Crippen molar-refractivity contribution in [2.75, 3.05) is 21.3 Å². The van der Waals surface area contributed by atoms with Crippen LogP contribution < -0.4 is 14.2 Å². The first-order chi connectivity index (χ1) is 12.6. The van der Waals surface area contributed by atoms with Crippen molar-refractivity contribution in [2.24, 2.45) is 0 Å². The van der Waals surface area contributed by atoms with Gasteiger partial charge >= 0.3 is 0 Å². The highest BCUT2D eigenvalue weighted by atomic mass is 32.2. The van der Waals surface area contributed by atoms with E-state index in [4.69, 9.17) is 18.6 Å². The van der Waals surface area contributed by atoms with Crippen LogP contribution in [0.5, 0.6) is 17.2 Å². The summed E-state index contributed by atoms with van der Waals surface area (Å²) in [5, 5.41) is 8.74. The highest BCUT2D eigenvalue weighted by molar-refractivity contribution is 7.98. The molecule has 0 aliphatic rings. The molecule has 0 unspecified atom stereocenters. The van der Waals surface area contributed by atoms with Gasteiger partial charge in [-0.15, -0.1) is 10.2 Å². The van der Waals surface area contributed by atoms with Gasteiger partial charge in [0.05, 0.1) is 21.3 Å². The zero-order valence-corrected chi connectivity index (χ0v) is 15.9. The lowest BCUT2D eigenvalue weighted by Gasteiger charge is -2.08. The SMILES string of the molecule is COc1ccc(C)cc1CSc1nnc(-c2ccc(OC)c(OC)c2)o1. The summed E-state index contributed by atoms with van der Waals surface area (Å²) in [4.78, 5) is 0. The van der Waals surface area contributed by atoms with E-state index in [1.807, 2.05) is 30.3 Å². The van der Waals surface area contributed by atoms with Crippen LogP contribution in [-0.2, 0) is 5.75 Å². The predicted molar refractivity (Wildman–Crippen MR) is 100 cm³/mol. The first kappa shape index (κ1) is 18.1. The third kappa shape index (κ3) is 3.94. The van der Waals surface area contributed by atoms with Gasteiger partial charge in [-0.3, -0.25) is 0 Å². The van der Waals surface area contributed by atoms with Crippen molar-refractivity contribution in [1.29, 1.82) is 0 Å². The molecule has 0 atom stereocenters. The summed E-state index contributed by atoms with van der Waals surface area (Å²) in [6, 6.07) is 11.6. The van der Waals surface area contributed by atoms with Crippen molar-refractivity contribution < 1.29 is 18.6 Å². The van der Waals surface area contributed by atoms with Gasteiger partial charge in [0.25, 0.3) is 5.22 Å². The first-order valence-corrected chi connectivity index (χ1v) is 8.95. The van der Waals surface area contributed by atoms with E-state index in [1.54, 1.807) is 21.3 Å². The second kappa shape index (κ2) is 8.14. The highest BCUT2D eigenvalue weighted by Crippen LogP contribution is 2.33. The molecule has 6 nitrogen and oxygen atoms in total. The van der Waals surface area contributed by atoms with Crippen molar-refractivity contribution in [2.45, 2.75) is 17.9 Å². The molecular formula is C19H20N2O4S. The molecule has 1 heterocycles.